The normalized spacial score (nSPS) is 14.5. The van der Waals surface area contributed by atoms with Crippen molar-refractivity contribution in [3.8, 4) is 34.1 Å². The summed E-state index contributed by atoms with van der Waals surface area (Å²) in [6.07, 6.45) is 0. The van der Waals surface area contributed by atoms with E-state index in [9.17, 15) is 0 Å². The van der Waals surface area contributed by atoms with Crippen molar-refractivity contribution in [1.29, 1.82) is 0 Å². The maximum atomic E-state index is 7.06. The highest BCUT2D eigenvalue weighted by molar-refractivity contribution is 6.10. The Morgan fingerprint density at radius 3 is 1.49 bits per heavy atom. The second kappa shape index (κ2) is 15.9. The van der Waals surface area contributed by atoms with Crippen LogP contribution in [-0.2, 0) is 21.7 Å². The van der Waals surface area contributed by atoms with Crippen molar-refractivity contribution in [2.45, 2.75) is 63.2 Å². The van der Waals surface area contributed by atoms with E-state index in [0.29, 0.717) is 0 Å². The first kappa shape index (κ1) is 44.1. The third-order valence-corrected chi connectivity index (χ3v) is 16.2. The third kappa shape index (κ3) is 6.27. The van der Waals surface area contributed by atoms with E-state index in [-0.39, 0.29) is 10.8 Å². The molecule has 10 aromatic carbocycles. The minimum atomic E-state index is -0.729. The van der Waals surface area contributed by atoms with Crippen LogP contribution in [0.2, 0.25) is 0 Å². The molecule has 0 unspecified atom stereocenters. The van der Waals surface area contributed by atoms with Crippen LogP contribution in [0.15, 0.2) is 229 Å². The summed E-state index contributed by atoms with van der Waals surface area (Å²) < 4.78 is 21.0. The van der Waals surface area contributed by atoms with Gasteiger partial charge in [0.05, 0.1) is 16.5 Å². The largest absolute Gasteiger partial charge is 0.457 e. The van der Waals surface area contributed by atoms with Gasteiger partial charge in [-0.15, -0.1) is 0 Å². The molecular weight excluding hydrogens is 903 g/mol. The van der Waals surface area contributed by atoms with Gasteiger partial charge >= 0.3 is 0 Å². The molecule has 0 bridgehead atoms. The monoisotopic (exact) mass is 957 g/mol. The van der Waals surface area contributed by atoms with Crippen LogP contribution < -0.4 is 14.4 Å². The highest BCUT2D eigenvalue weighted by Crippen LogP contribution is 2.64. The summed E-state index contributed by atoms with van der Waals surface area (Å²) in [5.41, 5.74) is 17.0. The van der Waals surface area contributed by atoms with Crippen molar-refractivity contribution in [2.75, 3.05) is 4.90 Å². The molecule has 4 nitrogen and oxygen atoms in total. The smallest absolute Gasteiger partial charge is 0.159 e. The molecule has 0 saturated heterocycles. The first-order chi connectivity index (χ1) is 35.9. The maximum Gasteiger partial charge on any atom is 0.159 e. The number of anilines is 3. The summed E-state index contributed by atoms with van der Waals surface area (Å²) >= 11 is 0. The minimum absolute atomic E-state index is 0.111. The molecule has 0 N–H and O–H groups in total. The molecule has 358 valence electrons. The highest BCUT2D eigenvalue weighted by atomic mass is 16.5. The van der Waals surface area contributed by atoms with Crippen LogP contribution in [0.5, 0.6) is 23.0 Å². The molecule has 0 atom stereocenters. The lowest BCUT2D eigenvalue weighted by Gasteiger charge is -2.42. The number of para-hydroxylation sites is 3. The van der Waals surface area contributed by atoms with Crippen LogP contribution >= 0.6 is 0 Å². The van der Waals surface area contributed by atoms with E-state index in [0.717, 1.165) is 95.4 Å². The number of hydrogen-bond donors (Lipinski definition) is 0. The number of hydrogen-bond acceptors (Lipinski definition) is 4. The lowest BCUT2D eigenvalue weighted by atomic mass is 9.63. The Labute approximate surface area is 433 Å². The van der Waals surface area contributed by atoms with Crippen LogP contribution in [0.25, 0.3) is 33.1 Å². The Bertz CT molecular complexity index is 3950. The van der Waals surface area contributed by atoms with Crippen LogP contribution in [0, 0.1) is 0 Å². The number of fused-ring (bicyclic) bond motifs is 14. The molecule has 2 aliphatic heterocycles. The van der Waals surface area contributed by atoms with Gasteiger partial charge in [-0.2, -0.15) is 0 Å². The molecular formula is C70H55NO3. The molecule has 74 heavy (non-hydrogen) atoms. The number of benzene rings is 10. The van der Waals surface area contributed by atoms with E-state index in [1.165, 1.54) is 33.4 Å². The molecule has 0 saturated carbocycles. The summed E-state index contributed by atoms with van der Waals surface area (Å²) in [7, 11) is 0. The Hall–Kier alpha value is -8.60. The summed E-state index contributed by atoms with van der Waals surface area (Å²) in [5.74, 6) is 3.40. The maximum absolute atomic E-state index is 7.06. The fourth-order valence-electron chi connectivity index (χ4n) is 12.7. The molecule has 0 amide bonds. The lowest BCUT2D eigenvalue weighted by Crippen LogP contribution is -2.34. The summed E-state index contributed by atoms with van der Waals surface area (Å²) in [4.78, 5) is 2.42. The minimum Gasteiger partial charge on any atom is -0.457 e. The van der Waals surface area contributed by atoms with Gasteiger partial charge in [0.1, 0.15) is 28.6 Å². The van der Waals surface area contributed by atoms with Crippen molar-refractivity contribution in [1.82, 2.24) is 0 Å². The number of furan rings is 1. The van der Waals surface area contributed by atoms with Crippen LogP contribution in [0.3, 0.4) is 0 Å². The summed E-state index contributed by atoms with van der Waals surface area (Å²) in [6.45, 7) is 13.8. The van der Waals surface area contributed by atoms with Gasteiger partial charge in [0.15, 0.2) is 5.58 Å². The molecule has 1 aromatic heterocycles. The molecule has 1 aliphatic carbocycles. The Morgan fingerprint density at radius 1 is 0.351 bits per heavy atom. The molecule has 0 fully saturated rings. The van der Waals surface area contributed by atoms with Crippen molar-refractivity contribution < 1.29 is 13.9 Å². The van der Waals surface area contributed by atoms with Gasteiger partial charge in [0.25, 0.3) is 0 Å². The summed E-state index contributed by atoms with van der Waals surface area (Å²) in [5, 5.41) is 2.14. The van der Waals surface area contributed by atoms with Crippen molar-refractivity contribution in [2.24, 2.45) is 0 Å². The zero-order chi connectivity index (χ0) is 50.1. The fourth-order valence-corrected chi connectivity index (χ4v) is 12.7. The van der Waals surface area contributed by atoms with Crippen LogP contribution in [-0.4, -0.2) is 0 Å². The lowest BCUT2D eigenvalue weighted by molar-refractivity contribution is 0.433. The van der Waals surface area contributed by atoms with Crippen molar-refractivity contribution in [3.63, 3.8) is 0 Å². The first-order valence-electron chi connectivity index (χ1n) is 25.9. The summed E-state index contributed by atoms with van der Waals surface area (Å²) in [6, 6.07) is 82.0. The van der Waals surface area contributed by atoms with Gasteiger partial charge in [0.2, 0.25) is 0 Å². The molecule has 3 aliphatic rings. The molecule has 4 heteroatoms. The van der Waals surface area contributed by atoms with Gasteiger partial charge in [-0.25, -0.2) is 0 Å². The van der Waals surface area contributed by atoms with Crippen LogP contribution in [0.4, 0.5) is 17.1 Å². The average Bonchev–Trinajstić information content (AvgIpc) is 3.95. The average molecular weight is 958 g/mol. The van der Waals surface area contributed by atoms with Crippen LogP contribution in [0.1, 0.15) is 97.2 Å². The molecule has 0 radical (unpaired) electrons. The predicted molar refractivity (Wildman–Crippen MR) is 302 cm³/mol. The van der Waals surface area contributed by atoms with E-state index in [4.69, 9.17) is 13.9 Å². The Morgan fingerprint density at radius 2 is 0.838 bits per heavy atom. The van der Waals surface area contributed by atoms with E-state index < -0.39 is 10.8 Å². The first-order valence-corrected chi connectivity index (χ1v) is 25.9. The number of rotatable bonds is 5. The molecule has 11 aromatic rings. The van der Waals surface area contributed by atoms with Gasteiger partial charge < -0.3 is 18.8 Å². The Balaban J connectivity index is 1.09. The molecule has 1 spiro atoms. The van der Waals surface area contributed by atoms with Crippen molar-refractivity contribution >= 4 is 39.0 Å². The number of ether oxygens (including phenoxy) is 2. The molecule has 14 rings (SSSR count). The quantitative estimate of drug-likeness (QED) is 0.172. The topological polar surface area (TPSA) is 34.8 Å². The standard InChI is InChI=1S/C70H55NO3/c1-67(2,3)46-32-37-63-57(40-46)70(58-41-47(68(4,5)6)33-38-64(58)73-63)54-27-15-13-24-50(54)51-36-34-48(42-56(51)70)71(60-29-19-26-53-52-25-14-17-30-61(52)74-66(53)60)49-35-39-65-59(43-49)69(44-20-9-7-10-21-44,45-22-11-8-12-23-45)55-28-16-18-31-62(55)72-65/h7-43H,1-6H3. The zero-order valence-electron chi connectivity index (χ0n) is 42.5. The van der Waals surface area contributed by atoms with E-state index >= 15 is 0 Å². The second-order valence-electron chi connectivity index (χ2n) is 22.4. The van der Waals surface area contributed by atoms with Gasteiger partial charge in [0, 0.05) is 44.4 Å². The fraction of sp³-hybridized carbons (Fsp3) is 0.143. The predicted octanol–water partition coefficient (Wildman–Crippen LogP) is 18.6. The van der Waals surface area contributed by atoms with E-state index in [1.54, 1.807) is 0 Å². The van der Waals surface area contributed by atoms with Crippen molar-refractivity contribution in [3.05, 3.63) is 280 Å². The zero-order valence-corrected chi connectivity index (χ0v) is 42.5. The van der Waals surface area contributed by atoms with Gasteiger partial charge in [-0.3, -0.25) is 0 Å². The van der Waals surface area contributed by atoms with Gasteiger partial charge in [-0.1, -0.05) is 193 Å². The van der Waals surface area contributed by atoms with E-state index in [2.05, 4.69) is 265 Å². The highest BCUT2D eigenvalue weighted by Gasteiger charge is 2.52. The number of nitrogens with zero attached hydrogens (tertiary/aromatic N) is 1. The SMILES string of the molecule is CC(C)(C)c1ccc2c(c1)C1(c3cc(C(C)(C)C)ccc3O2)c2ccccc2-c2ccc(N(c3ccc4c(c3)C(c3ccccc3)(c3ccccc3)c3ccccc3O4)c3cccc4c3oc3ccccc34)cc21. The molecule has 3 heterocycles. The van der Waals surface area contributed by atoms with Gasteiger partial charge in [-0.05, 0) is 128 Å². The third-order valence-electron chi connectivity index (χ3n) is 16.2. The van der Waals surface area contributed by atoms with E-state index in [1.807, 2.05) is 6.07 Å². The second-order valence-corrected chi connectivity index (χ2v) is 22.4. The Kier molecular flexibility index (Phi) is 9.51.